The molecule has 0 bridgehead atoms. The van der Waals surface area contributed by atoms with Crippen molar-refractivity contribution in [2.45, 2.75) is 31.4 Å². The zero-order valence-electron chi connectivity index (χ0n) is 15.6. The molecular weight excluding hydrogens is 348 g/mol. The number of amides is 1. The second-order valence-corrected chi connectivity index (χ2v) is 7.78. The Morgan fingerprint density at radius 3 is 3.00 bits per heavy atom. The number of nitro groups is 1. The highest BCUT2D eigenvalue weighted by Gasteiger charge is 2.41. The molecule has 0 spiro atoms. The Bertz CT molecular complexity index is 734. The summed E-state index contributed by atoms with van der Waals surface area (Å²) in [4.78, 5) is 28.3. The molecule has 1 amide bonds. The summed E-state index contributed by atoms with van der Waals surface area (Å²) < 4.78 is 5.60. The largest absolute Gasteiger partial charge is 0.376 e. The summed E-state index contributed by atoms with van der Waals surface area (Å²) in [5.74, 6) is -0.198. The third kappa shape index (κ3) is 3.64. The molecule has 27 heavy (non-hydrogen) atoms. The van der Waals surface area contributed by atoms with Crippen molar-refractivity contribution in [1.82, 2.24) is 10.2 Å². The SMILES string of the molecule is CN1CCN2c3ccc([N+](=O)[O-])cc3C[C@H](C(=O)NC[C@H]3CCCO3)[C@@H]2C1. The molecule has 1 aromatic rings. The molecule has 3 atom stereocenters. The van der Waals surface area contributed by atoms with Crippen LogP contribution in [0.4, 0.5) is 11.4 Å². The maximum atomic E-state index is 13.0. The number of nitrogens with zero attached hydrogens (tertiary/aromatic N) is 3. The van der Waals surface area contributed by atoms with Gasteiger partial charge in [-0.2, -0.15) is 0 Å². The second-order valence-electron chi connectivity index (χ2n) is 7.78. The minimum atomic E-state index is -0.372. The van der Waals surface area contributed by atoms with Gasteiger partial charge in [0.25, 0.3) is 5.69 Å². The number of hydrogen-bond acceptors (Lipinski definition) is 6. The van der Waals surface area contributed by atoms with Gasteiger partial charge in [-0.3, -0.25) is 14.9 Å². The van der Waals surface area contributed by atoms with E-state index in [2.05, 4.69) is 22.2 Å². The van der Waals surface area contributed by atoms with E-state index in [1.165, 1.54) is 0 Å². The van der Waals surface area contributed by atoms with E-state index in [1.54, 1.807) is 12.1 Å². The van der Waals surface area contributed by atoms with Crippen LogP contribution in [0.1, 0.15) is 18.4 Å². The van der Waals surface area contributed by atoms with Gasteiger partial charge in [0.15, 0.2) is 0 Å². The van der Waals surface area contributed by atoms with Gasteiger partial charge in [0, 0.05) is 50.6 Å². The summed E-state index contributed by atoms with van der Waals surface area (Å²) in [6.07, 6.45) is 2.67. The van der Waals surface area contributed by atoms with Gasteiger partial charge in [-0.15, -0.1) is 0 Å². The minimum absolute atomic E-state index is 0.0213. The van der Waals surface area contributed by atoms with Crippen LogP contribution in [0.3, 0.4) is 0 Å². The van der Waals surface area contributed by atoms with E-state index in [1.807, 2.05) is 6.07 Å². The van der Waals surface area contributed by atoms with E-state index < -0.39 is 0 Å². The lowest BCUT2D eigenvalue weighted by molar-refractivity contribution is -0.384. The van der Waals surface area contributed by atoms with Crippen LogP contribution >= 0.6 is 0 Å². The Morgan fingerprint density at radius 1 is 1.41 bits per heavy atom. The second kappa shape index (κ2) is 7.44. The fraction of sp³-hybridized carbons (Fsp3) is 0.632. The first kappa shape index (κ1) is 18.2. The number of likely N-dealkylation sites (N-methyl/N-ethyl adjacent to an activating group) is 1. The Hall–Kier alpha value is -2.19. The molecule has 2 fully saturated rings. The molecule has 4 rings (SSSR count). The van der Waals surface area contributed by atoms with Crippen molar-refractivity contribution in [2.75, 3.05) is 44.7 Å². The van der Waals surface area contributed by atoms with Crippen molar-refractivity contribution < 1.29 is 14.5 Å². The predicted octanol–water partition coefficient (Wildman–Crippen LogP) is 1.18. The predicted molar refractivity (Wildman–Crippen MR) is 101 cm³/mol. The third-order valence-electron chi connectivity index (χ3n) is 5.97. The van der Waals surface area contributed by atoms with Crippen LogP contribution < -0.4 is 10.2 Å². The van der Waals surface area contributed by atoms with Gasteiger partial charge in [-0.05, 0) is 37.9 Å². The van der Waals surface area contributed by atoms with E-state index in [0.717, 1.165) is 50.3 Å². The highest BCUT2D eigenvalue weighted by atomic mass is 16.6. The summed E-state index contributed by atoms with van der Waals surface area (Å²) in [6, 6.07) is 5.12. The Labute approximate surface area is 158 Å². The average Bonchev–Trinajstić information content (AvgIpc) is 3.18. The van der Waals surface area contributed by atoms with Crippen LogP contribution in [0.25, 0.3) is 0 Å². The lowest BCUT2D eigenvalue weighted by Gasteiger charge is -2.48. The molecule has 0 aliphatic carbocycles. The van der Waals surface area contributed by atoms with Gasteiger partial charge in [0.05, 0.1) is 23.0 Å². The van der Waals surface area contributed by atoms with Crippen molar-refractivity contribution in [1.29, 1.82) is 0 Å². The quantitative estimate of drug-likeness (QED) is 0.629. The number of non-ortho nitro benzene ring substituents is 1. The molecule has 8 nitrogen and oxygen atoms in total. The highest BCUT2D eigenvalue weighted by molar-refractivity contribution is 5.82. The van der Waals surface area contributed by atoms with Crippen molar-refractivity contribution in [3.63, 3.8) is 0 Å². The number of carbonyl (C=O) groups is 1. The molecule has 1 N–H and O–H groups in total. The van der Waals surface area contributed by atoms with Gasteiger partial charge in [0.2, 0.25) is 5.91 Å². The molecule has 3 heterocycles. The number of hydrogen-bond donors (Lipinski definition) is 1. The molecule has 0 saturated carbocycles. The summed E-state index contributed by atoms with van der Waals surface area (Å²) in [7, 11) is 2.07. The van der Waals surface area contributed by atoms with E-state index >= 15 is 0 Å². The number of fused-ring (bicyclic) bond motifs is 3. The van der Waals surface area contributed by atoms with Crippen LogP contribution in [0.15, 0.2) is 18.2 Å². The minimum Gasteiger partial charge on any atom is -0.376 e. The highest BCUT2D eigenvalue weighted by Crippen LogP contribution is 2.37. The normalized spacial score (nSPS) is 27.7. The van der Waals surface area contributed by atoms with E-state index in [-0.39, 0.29) is 34.6 Å². The molecule has 3 aliphatic rings. The van der Waals surface area contributed by atoms with E-state index in [4.69, 9.17) is 4.74 Å². The third-order valence-corrected chi connectivity index (χ3v) is 5.97. The lowest BCUT2D eigenvalue weighted by Crippen LogP contribution is -2.60. The van der Waals surface area contributed by atoms with Crippen molar-refractivity contribution in [2.24, 2.45) is 5.92 Å². The fourth-order valence-electron chi connectivity index (χ4n) is 4.52. The number of rotatable bonds is 4. The number of nitrogens with one attached hydrogen (secondary N) is 1. The van der Waals surface area contributed by atoms with Crippen molar-refractivity contribution in [3.05, 3.63) is 33.9 Å². The van der Waals surface area contributed by atoms with Gasteiger partial charge in [-0.25, -0.2) is 0 Å². The topological polar surface area (TPSA) is 88.0 Å². The molecule has 1 aromatic carbocycles. The summed E-state index contributed by atoms with van der Waals surface area (Å²) >= 11 is 0. The maximum Gasteiger partial charge on any atom is 0.269 e. The van der Waals surface area contributed by atoms with Gasteiger partial charge in [-0.1, -0.05) is 0 Å². The number of anilines is 1. The molecule has 8 heteroatoms. The van der Waals surface area contributed by atoms with E-state index in [9.17, 15) is 14.9 Å². The fourth-order valence-corrected chi connectivity index (χ4v) is 4.52. The zero-order valence-corrected chi connectivity index (χ0v) is 15.6. The van der Waals surface area contributed by atoms with Gasteiger partial charge < -0.3 is 19.9 Å². The molecule has 146 valence electrons. The molecule has 0 unspecified atom stereocenters. The first-order chi connectivity index (χ1) is 13.0. The number of piperazine rings is 1. The first-order valence-electron chi connectivity index (χ1n) is 9.65. The Balaban J connectivity index is 1.57. The van der Waals surface area contributed by atoms with Crippen LogP contribution in [0.5, 0.6) is 0 Å². The standard InChI is InChI=1S/C19H26N4O4/c1-21-6-7-22-17-5-4-14(23(25)26)9-13(17)10-16(18(22)12-21)19(24)20-11-15-3-2-8-27-15/h4-5,9,15-16,18H,2-3,6-8,10-12H2,1H3,(H,20,24)/t15-,16+,18+/m1/s1. The number of carbonyl (C=O) groups excluding carboxylic acids is 1. The van der Waals surface area contributed by atoms with E-state index in [0.29, 0.717) is 13.0 Å². The van der Waals surface area contributed by atoms with Crippen LogP contribution in [-0.4, -0.2) is 67.7 Å². The molecule has 0 aromatic heterocycles. The summed E-state index contributed by atoms with van der Waals surface area (Å²) in [6.45, 7) is 3.86. The number of nitro benzene ring substituents is 1. The first-order valence-corrected chi connectivity index (χ1v) is 9.65. The van der Waals surface area contributed by atoms with Crippen LogP contribution in [0.2, 0.25) is 0 Å². The Kier molecular flexibility index (Phi) is 5.01. The van der Waals surface area contributed by atoms with Crippen LogP contribution in [0, 0.1) is 16.0 Å². The zero-order chi connectivity index (χ0) is 19.0. The molecule has 2 saturated heterocycles. The average molecular weight is 374 g/mol. The number of ether oxygens (including phenoxy) is 1. The molecular formula is C19H26N4O4. The van der Waals surface area contributed by atoms with Crippen molar-refractivity contribution >= 4 is 17.3 Å². The smallest absolute Gasteiger partial charge is 0.269 e. The Morgan fingerprint density at radius 2 is 2.26 bits per heavy atom. The summed E-state index contributed by atoms with van der Waals surface area (Å²) in [5, 5.41) is 14.2. The van der Waals surface area contributed by atoms with Gasteiger partial charge in [0.1, 0.15) is 0 Å². The number of benzene rings is 1. The molecule has 3 aliphatic heterocycles. The monoisotopic (exact) mass is 374 g/mol. The van der Waals surface area contributed by atoms with Crippen molar-refractivity contribution in [3.8, 4) is 0 Å². The van der Waals surface area contributed by atoms with Crippen LogP contribution in [-0.2, 0) is 16.0 Å². The molecule has 0 radical (unpaired) electrons. The maximum absolute atomic E-state index is 13.0. The summed E-state index contributed by atoms with van der Waals surface area (Å²) in [5.41, 5.74) is 2.00. The van der Waals surface area contributed by atoms with Gasteiger partial charge >= 0.3 is 0 Å². The lowest BCUT2D eigenvalue weighted by atomic mass is 9.83.